The molecule has 0 radical (unpaired) electrons. The highest BCUT2D eigenvalue weighted by Crippen LogP contribution is 2.27. The average Bonchev–Trinajstić information content (AvgIpc) is 2.33. The minimum Gasteiger partial charge on any atom is -0.389 e. The van der Waals surface area contributed by atoms with Crippen LogP contribution in [-0.4, -0.2) is 17.3 Å². The average molecular weight is 312 g/mol. The summed E-state index contributed by atoms with van der Waals surface area (Å²) in [5, 5.41) is 13.8. The number of benzene rings is 1. The topological polar surface area (TPSA) is 32.3 Å². The van der Waals surface area contributed by atoms with E-state index in [1.54, 1.807) is 0 Å². The van der Waals surface area contributed by atoms with Crippen molar-refractivity contribution in [2.75, 3.05) is 6.54 Å². The summed E-state index contributed by atoms with van der Waals surface area (Å²) in [4.78, 5) is 0. The molecule has 18 heavy (non-hydrogen) atoms. The van der Waals surface area contributed by atoms with Gasteiger partial charge in [-0.1, -0.05) is 47.3 Å². The van der Waals surface area contributed by atoms with Crippen LogP contribution in [0.4, 0.5) is 0 Å². The first kappa shape index (κ1) is 14.0. The van der Waals surface area contributed by atoms with Gasteiger partial charge in [-0.3, -0.25) is 0 Å². The fourth-order valence-electron chi connectivity index (χ4n) is 2.61. The van der Waals surface area contributed by atoms with E-state index in [1.807, 2.05) is 0 Å². The molecule has 0 amide bonds. The number of halogens is 1. The van der Waals surface area contributed by atoms with Gasteiger partial charge in [0.25, 0.3) is 0 Å². The molecule has 2 rings (SSSR count). The molecule has 0 atom stereocenters. The Labute approximate surface area is 118 Å². The van der Waals surface area contributed by atoms with Gasteiger partial charge in [-0.15, -0.1) is 0 Å². The first-order chi connectivity index (χ1) is 8.59. The molecular formula is C15H22BrNO. The van der Waals surface area contributed by atoms with Crippen LogP contribution in [0.15, 0.2) is 22.7 Å². The van der Waals surface area contributed by atoms with Crippen LogP contribution in [0.1, 0.15) is 43.2 Å². The number of nitrogens with one attached hydrogen (secondary N) is 1. The predicted octanol–water partition coefficient (Wildman–Crippen LogP) is 3.54. The van der Waals surface area contributed by atoms with Crippen molar-refractivity contribution < 1.29 is 5.11 Å². The van der Waals surface area contributed by atoms with Crippen molar-refractivity contribution in [3.8, 4) is 0 Å². The van der Waals surface area contributed by atoms with Crippen molar-refractivity contribution in [1.29, 1.82) is 0 Å². The standard InChI is InChI=1S/C15H22BrNO/c1-12-5-6-13(14(16)9-12)10-17-11-15(18)7-3-2-4-8-15/h5-6,9,17-18H,2-4,7-8,10-11H2,1H3. The van der Waals surface area contributed by atoms with Crippen molar-refractivity contribution in [3.63, 3.8) is 0 Å². The highest BCUT2D eigenvalue weighted by Gasteiger charge is 2.28. The van der Waals surface area contributed by atoms with E-state index in [9.17, 15) is 5.11 Å². The van der Waals surface area contributed by atoms with Crippen molar-refractivity contribution in [3.05, 3.63) is 33.8 Å². The summed E-state index contributed by atoms with van der Waals surface area (Å²) in [6.45, 7) is 3.60. The maximum atomic E-state index is 10.4. The molecule has 0 aliphatic heterocycles. The number of hydrogen-bond acceptors (Lipinski definition) is 2. The number of aliphatic hydroxyl groups is 1. The van der Waals surface area contributed by atoms with Crippen molar-refractivity contribution in [2.24, 2.45) is 0 Å². The Hall–Kier alpha value is -0.380. The lowest BCUT2D eigenvalue weighted by Gasteiger charge is -2.32. The number of hydrogen-bond donors (Lipinski definition) is 2. The largest absolute Gasteiger partial charge is 0.389 e. The van der Waals surface area contributed by atoms with Crippen LogP contribution in [0.3, 0.4) is 0 Å². The lowest BCUT2D eigenvalue weighted by Crippen LogP contribution is -2.41. The lowest BCUT2D eigenvalue weighted by atomic mass is 9.85. The molecule has 2 N–H and O–H groups in total. The second-order valence-electron chi connectivity index (χ2n) is 5.48. The Morgan fingerprint density at radius 1 is 1.28 bits per heavy atom. The molecule has 1 aliphatic rings. The Balaban J connectivity index is 1.84. The van der Waals surface area contributed by atoms with Gasteiger partial charge < -0.3 is 10.4 Å². The molecule has 0 aromatic heterocycles. The minimum atomic E-state index is -0.477. The summed E-state index contributed by atoms with van der Waals surface area (Å²) in [7, 11) is 0. The summed E-state index contributed by atoms with van der Waals surface area (Å²) in [5.41, 5.74) is 2.03. The molecule has 2 nitrogen and oxygen atoms in total. The first-order valence-corrected chi connectivity index (χ1v) is 7.56. The zero-order chi connectivity index (χ0) is 13.0. The maximum absolute atomic E-state index is 10.4. The zero-order valence-corrected chi connectivity index (χ0v) is 12.6. The highest BCUT2D eigenvalue weighted by molar-refractivity contribution is 9.10. The highest BCUT2D eigenvalue weighted by atomic mass is 79.9. The van der Waals surface area contributed by atoms with Gasteiger partial charge in [0.15, 0.2) is 0 Å². The number of aryl methyl sites for hydroxylation is 1. The van der Waals surface area contributed by atoms with Crippen LogP contribution in [-0.2, 0) is 6.54 Å². The van der Waals surface area contributed by atoms with Gasteiger partial charge in [0.1, 0.15) is 0 Å². The maximum Gasteiger partial charge on any atom is 0.0771 e. The van der Waals surface area contributed by atoms with Crippen LogP contribution in [0, 0.1) is 6.92 Å². The van der Waals surface area contributed by atoms with Crippen molar-refractivity contribution in [1.82, 2.24) is 5.32 Å². The molecular weight excluding hydrogens is 290 g/mol. The first-order valence-electron chi connectivity index (χ1n) is 6.77. The third-order valence-corrected chi connectivity index (χ3v) is 4.50. The summed E-state index contributed by atoms with van der Waals surface area (Å²) in [5.74, 6) is 0. The Kier molecular flexibility index (Phi) is 4.82. The van der Waals surface area contributed by atoms with E-state index < -0.39 is 5.60 Å². The third-order valence-electron chi connectivity index (χ3n) is 3.76. The van der Waals surface area contributed by atoms with Gasteiger partial charge in [0, 0.05) is 17.6 Å². The van der Waals surface area contributed by atoms with Gasteiger partial charge in [0.05, 0.1) is 5.60 Å². The van der Waals surface area contributed by atoms with Crippen LogP contribution in [0.25, 0.3) is 0 Å². The van der Waals surface area contributed by atoms with Crippen LogP contribution in [0.2, 0.25) is 0 Å². The van der Waals surface area contributed by atoms with E-state index in [0.717, 1.165) is 36.7 Å². The van der Waals surface area contributed by atoms with Gasteiger partial charge in [-0.05, 0) is 37.0 Å². The van der Waals surface area contributed by atoms with E-state index in [-0.39, 0.29) is 0 Å². The van der Waals surface area contributed by atoms with E-state index in [0.29, 0.717) is 6.54 Å². The molecule has 3 heteroatoms. The number of rotatable bonds is 4. The Bertz CT molecular complexity index is 399. The Morgan fingerprint density at radius 3 is 2.67 bits per heavy atom. The van der Waals surface area contributed by atoms with Gasteiger partial charge in [-0.25, -0.2) is 0 Å². The zero-order valence-electron chi connectivity index (χ0n) is 11.0. The van der Waals surface area contributed by atoms with Crippen LogP contribution >= 0.6 is 15.9 Å². The molecule has 0 unspecified atom stereocenters. The fraction of sp³-hybridized carbons (Fsp3) is 0.600. The molecule has 0 bridgehead atoms. The monoisotopic (exact) mass is 311 g/mol. The second-order valence-corrected chi connectivity index (χ2v) is 6.34. The summed E-state index contributed by atoms with van der Waals surface area (Å²) < 4.78 is 1.14. The van der Waals surface area contributed by atoms with Gasteiger partial charge in [-0.2, -0.15) is 0 Å². The van der Waals surface area contributed by atoms with Gasteiger partial charge in [0.2, 0.25) is 0 Å². The van der Waals surface area contributed by atoms with Crippen molar-refractivity contribution in [2.45, 2.75) is 51.2 Å². The molecule has 0 saturated heterocycles. The molecule has 100 valence electrons. The van der Waals surface area contributed by atoms with Crippen LogP contribution < -0.4 is 5.32 Å². The molecule has 1 aliphatic carbocycles. The summed E-state index contributed by atoms with van der Waals surface area (Å²) in [6.07, 6.45) is 5.47. The molecule has 1 saturated carbocycles. The molecule has 1 aromatic rings. The third kappa shape index (κ3) is 3.81. The minimum absolute atomic E-state index is 0.477. The van der Waals surface area contributed by atoms with Crippen molar-refractivity contribution >= 4 is 15.9 Å². The molecule has 1 fully saturated rings. The molecule has 1 aromatic carbocycles. The van der Waals surface area contributed by atoms with E-state index >= 15 is 0 Å². The van der Waals surface area contributed by atoms with Crippen LogP contribution in [0.5, 0.6) is 0 Å². The lowest BCUT2D eigenvalue weighted by molar-refractivity contribution is 0.00466. The predicted molar refractivity (Wildman–Crippen MR) is 78.6 cm³/mol. The van der Waals surface area contributed by atoms with E-state index in [2.05, 4.69) is 46.4 Å². The van der Waals surface area contributed by atoms with Gasteiger partial charge >= 0.3 is 0 Å². The normalized spacial score (nSPS) is 18.8. The summed E-state index contributed by atoms with van der Waals surface area (Å²) >= 11 is 3.58. The quantitative estimate of drug-likeness (QED) is 0.891. The molecule has 0 heterocycles. The smallest absolute Gasteiger partial charge is 0.0771 e. The molecule has 0 spiro atoms. The fourth-order valence-corrected chi connectivity index (χ4v) is 3.25. The summed E-state index contributed by atoms with van der Waals surface area (Å²) in [6, 6.07) is 6.39. The Morgan fingerprint density at radius 2 is 2.00 bits per heavy atom. The van der Waals surface area contributed by atoms with E-state index in [4.69, 9.17) is 0 Å². The second kappa shape index (κ2) is 6.18. The SMILES string of the molecule is Cc1ccc(CNCC2(O)CCCCC2)c(Br)c1. The van der Waals surface area contributed by atoms with E-state index in [1.165, 1.54) is 17.5 Å².